The third-order valence-electron chi connectivity index (χ3n) is 5.11. The van der Waals surface area contributed by atoms with Gasteiger partial charge in [0.25, 0.3) is 10.0 Å². The zero-order valence-corrected chi connectivity index (χ0v) is 18.9. The van der Waals surface area contributed by atoms with Gasteiger partial charge in [-0.2, -0.15) is 13.2 Å². The molecule has 2 heterocycles. The summed E-state index contributed by atoms with van der Waals surface area (Å²) in [4.78, 5) is 10.8. The van der Waals surface area contributed by atoms with Gasteiger partial charge < -0.3 is 20.1 Å². The number of carbonyl (C=O) groups is 1. The van der Waals surface area contributed by atoms with Crippen molar-refractivity contribution >= 4 is 27.4 Å². The molecule has 0 unspecified atom stereocenters. The van der Waals surface area contributed by atoms with Gasteiger partial charge in [-0.3, -0.25) is 4.31 Å². The molecule has 2 aromatic rings. The van der Waals surface area contributed by atoms with Crippen LogP contribution in [0.5, 0.6) is 5.75 Å². The summed E-state index contributed by atoms with van der Waals surface area (Å²) in [7, 11) is -4.02. The maximum Gasteiger partial charge on any atom is 0.490 e. The second kappa shape index (κ2) is 10.1. The summed E-state index contributed by atoms with van der Waals surface area (Å²) < 4.78 is 79.5. The molecule has 0 aromatic heterocycles. The standard InChI is InChI=1S/C19H22FN3O3S.C2HF3O2/c1-14-12-16(22-8-6-21-7-9-22)19-17(13-14)23(10-11-26-19)27(24,25)18-5-3-2-4-15(18)20;3-2(4,5)1(6)7/h2-5,12-13,21H,6-11H2,1H3;(H,6,7). The minimum atomic E-state index is -5.08. The van der Waals surface area contributed by atoms with E-state index < -0.39 is 28.0 Å². The van der Waals surface area contributed by atoms with Gasteiger partial charge in [0, 0.05) is 26.2 Å². The molecule has 0 aliphatic carbocycles. The predicted octanol–water partition coefficient (Wildman–Crippen LogP) is 2.76. The van der Waals surface area contributed by atoms with Crippen molar-refractivity contribution in [3.63, 3.8) is 0 Å². The predicted molar refractivity (Wildman–Crippen MR) is 116 cm³/mol. The second-order valence-electron chi connectivity index (χ2n) is 7.53. The van der Waals surface area contributed by atoms with Crippen molar-refractivity contribution in [3.8, 4) is 5.75 Å². The highest BCUT2D eigenvalue weighted by molar-refractivity contribution is 7.92. The highest BCUT2D eigenvalue weighted by atomic mass is 32.2. The molecule has 8 nitrogen and oxygen atoms in total. The summed E-state index contributed by atoms with van der Waals surface area (Å²) in [5.74, 6) is -2.96. The fourth-order valence-corrected chi connectivity index (χ4v) is 5.09. The van der Waals surface area contributed by atoms with Crippen LogP contribution >= 0.6 is 0 Å². The van der Waals surface area contributed by atoms with E-state index in [1.807, 2.05) is 13.0 Å². The van der Waals surface area contributed by atoms with Crippen molar-refractivity contribution in [2.45, 2.75) is 18.0 Å². The number of nitrogens with zero attached hydrogens (tertiary/aromatic N) is 2. The largest absolute Gasteiger partial charge is 0.490 e. The van der Waals surface area contributed by atoms with Crippen LogP contribution in [-0.4, -0.2) is 65.0 Å². The van der Waals surface area contributed by atoms with Crippen molar-refractivity contribution in [2.24, 2.45) is 0 Å². The van der Waals surface area contributed by atoms with Crippen molar-refractivity contribution in [1.82, 2.24) is 5.32 Å². The van der Waals surface area contributed by atoms with Gasteiger partial charge in [0.1, 0.15) is 17.3 Å². The average Bonchev–Trinajstić information content (AvgIpc) is 2.78. The minimum absolute atomic E-state index is 0.147. The number of hydrogen-bond acceptors (Lipinski definition) is 6. The lowest BCUT2D eigenvalue weighted by Crippen LogP contribution is -2.44. The number of anilines is 2. The molecular weight excluding hydrogens is 482 g/mol. The number of ether oxygens (including phenoxy) is 1. The number of piperazine rings is 1. The molecule has 2 aliphatic rings. The molecule has 13 heteroatoms. The molecule has 0 saturated carbocycles. The Labute approximate surface area is 193 Å². The molecule has 0 atom stereocenters. The lowest BCUT2D eigenvalue weighted by molar-refractivity contribution is -0.192. The van der Waals surface area contributed by atoms with Gasteiger partial charge in [-0.1, -0.05) is 12.1 Å². The van der Waals surface area contributed by atoms with Crippen molar-refractivity contribution in [3.05, 3.63) is 47.8 Å². The third-order valence-corrected chi connectivity index (χ3v) is 6.95. The summed E-state index contributed by atoms with van der Waals surface area (Å²) in [6.45, 7) is 5.66. The fourth-order valence-electron chi connectivity index (χ4n) is 3.58. The smallest absolute Gasteiger partial charge is 0.487 e. The van der Waals surface area contributed by atoms with E-state index in [4.69, 9.17) is 14.6 Å². The second-order valence-corrected chi connectivity index (χ2v) is 9.36. The number of benzene rings is 2. The Bertz CT molecular complexity index is 1150. The van der Waals surface area contributed by atoms with Crippen LogP contribution in [-0.2, 0) is 14.8 Å². The number of aliphatic carboxylic acids is 1. The molecule has 34 heavy (non-hydrogen) atoms. The minimum Gasteiger partial charge on any atom is -0.487 e. The van der Waals surface area contributed by atoms with Crippen LogP contribution in [0.3, 0.4) is 0 Å². The lowest BCUT2D eigenvalue weighted by atomic mass is 10.1. The number of halogens is 4. The van der Waals surface area contributed by atoms with Crippen LogP contribution in [0.25, 0.3) is 0 Å². The van der Waals surface area contributed by atoms with Crippen LogP contribution < -0.4 is 19.3 Å². The Hall–Kier alpha value is -3.06. The Morgan fingerprint density at radius 3 is 2.26 bits per heavy atom. The molecule has 186 valence electrons. The van der Waals surface area contributed by atoms with E-state index in [0.29, 0.717) is 11.4 Å². The highest BCUT2D eigenvalue weighted by Crippen LogP contribution is 2.43. The van der Waals surface area contributed by atoms with Crippen LogP contribution in [0.1, 0.15) is 5.56 Å². The number of fused-ring (bicyclic) bond motifs is 1. The summed E-state index contributed by atoms with van der Waals surface area (Å²) in [6, 6.07) is 9.28. The van der Waals surface area contributed by atoms with Crippen LogP contribution in [0.15, 0.2) is 41.3 Å². The van der Waals surface area contributed by atoms with Crippen molar-refractivity contribution < 1.29 is 40.6 Å². The van der Waals surface area contributed by atoms with E-state index in [0.717, 1.165) is 43.5 Å². The van der Waals surface area contributed by atoms with Gasteiger partial charge in [0.2, 0.25) is 0 Å². The van der Waals surface area contributed by atoms with Gasteiger partial charge in [-0.25, -0.2) is 17.6 Å². The van der Waals surface area contributed by atoms with Gasteiger partial charge >= 0.3 is 12.1 Å². The Morgan fingerprint density at radius 2 is 1.68 bits per heavy atom. The highest BCUT2D eigenvalue weighted by Gasteiger charge is 2.38. The normalized spacial score (nSPS) is 16.1. The summed E-state index contributed by atoms with van der Waals surface area (Å²) in [6.07, 6.45) is -5.08. The Morgan fingerprint density at radius 1 is 1.09 bits per heavy atom. The van der Waals surface area contributed by atoms with Crippen molar-refractivity contribution in [2.75, 3.05) is 48.5 Å². The van der Waals surface area contributed by atoms with Crippen molar-refractivity contribution in [1.29, 1.82) is 0 Å². The first-order chi connectivity index (χ1) is 15.9. The van der Waals surface area contributed by atoms with E-state index in [-0.39, 0.29) is 18.0 Å². The SMILES string of the molecule is Cc1cc(N2CCNCC2)c2c(c1)N(S(=O)(=O)c1ccccc1F)CCO2.O=C(O)C(F)(F)F. The Kier molecular flexibility index (Phi) is 7.56. The molecular formula is C21H23F4N3O5S. The maximum atomic E-state index is 14.2. The zero-order chi connectivity index (χ0) is 25.1. The van der Waals surface area contributed by atoms with E-state index in [1.165, 1.54) is 22.5 Å². The quantitative estimate of drug-likeness (QED) is 0.619. The topological polar surface area (TPSA) is 99.2 Å². The van der Waals surface area contributed by atoms with Gasteiger partial charge in [-0.15, -0.1) is 0 Å². The monoisotopic (exact) mass is 505 g/mol. The molecule has 2 aliphatic heterocycles. The van der Waals surface area contributed by atoms with Gasteiger partial charge in [0.15, 0.2) is 5.75 Å². The first kappa shape index (κ1) is 25.6. The molecule has 1 fully saturated rings. The molecule has 1 saturated heterocycles. The number of hydrogen-bond donors (Lipinski definition) is 2. The summed E-state index contributed by atoms with van der Waals surface area (Å²) in [5.41, 5.74) is 2.29. The lowest BCUT2D eigenvalue weighted by Gasteiger charge is -2.36. The third kappa shape index (κ3) is 5.53. The Balaban J connectivity index is 0.000000406. The molecule has 0 bridgehead atoms. The molecule has 0 radical (unpaired) electrons. The van der Waals surface area contributed by atoms with E-state index in [2.05, 4.69) is 10.2 Å². The van der Waals surface area contributed by atoms with Gasteiger partial charge in [0.05, 0.1) is 17.9 Å². The zero-order valence-electron chi connectivity index (χ0n) is 18.1. The number of rotatable bonds is 3. The summed E-state index contributed by atoms with van der Waals surface area (Å²) in [5, 5.41) is 10.4. The van der Waals surface area contributed by atoms with Gasteiger partial charge in [-0.05, 0) is 36.8 Å². The summed E-state index contributed by atoms with van der Waals surface area (Å²) >= 11 is 0. The molecule has 2 aromatic carbocycles. The number of aryl methyl sites for hydroxylation is 1. The number of carboxylic acid groups (broad SMARTS) is 1. The number of alkyl halides is 3. The van der Waals surface area contributed by atoms with E-state index >= 15 is 0 Å². The molecule has 2 N–H and O–H groups in total. The van der Waals surface area contributed by atoms with Crippen LogP contribution in [0.2, 0.25) is 0 Å². The van der Waals surface area contributed by atoms with E-state index in [1.54, 1.807) is 6.07 Å². The molecule has 4 rings (SSSR count). The maximum absolute atomic E-state index is 14.2. The van der Waals surface area contributed by atoms with Crippen LogP contribution in [0, 0.1) is 12.7 Å². The van der Waals surface area contributed by atoms with Crippen LogP contribution in [0.4, 0.5) is 28.9 Å². The first-order valence-corrected chi connectivity index (χ1v) is 11.7. The molecule has 0 amide bonds. The number of sulfonamides is 1. The fraction of sp³-hybridized carbons (Fsp3) is 0.381. The number of carboxylic acids is 1. The van der Waals surface area contributed by atoms with E-state index in [9.17, 15) is 26.0 Å². The number of nitrogens with one attached hydrogen (secondary N) is 1. The first-order valence-electron chi connectivity index (χ1n) is 10.2. The molecule has 0 spiro atoms. The average molecular weight is 505 g/mol.